The van der Waals surface area contributed by atoms with Crippen LogP contribution in [0.3, 0.4) is 0 Å². The fraction of sp³-hybridized carbons (Fsp3) is 0.450. The second-order valence-electron chi connectivity index (χ2n) is 6.57. The highest BCUT2D eigenvalue weighted by molar-refractivity contribution is 5.92. The minimum Gasteiger partial charge on any atom is -0.367 e. The van der Waals surface area contributed by atoms with Crippen LogP contribution < -0.4 is 5.32 Å². The van der Waals surface area contributed by atoms with Crippen molar-refractivity contribution in [2.24, 2.45) is 0 Å². The van der Waals surface area contributed by atoms with Crippen LogP contribution in [0.2, 0.25) is 0 Å². The van der Waals surface area contributed by atoms with Crippen LogP contribution in [0.4, 0.5) is 5.82 Å². The van der Waals surface area contributed by atoms with Crippen LogP contribution in [0.25, 0.3) is 0 Å². The van der Waals surface area contributed by atoms with E-state index in [1.54, 1.807) is 6.07 Å². The number of rotatable bonds is 6. The Balaban J connectivity index is 1.68. The molecular formula is C20H26N4O. The van der Waals surface area contributed by atoms with Crippen LogP contribution in [0.15, 0.2) is 42.7 Å². The summed E-state index contributed by atoms with van der Waals surface area (Å²) >= 11 is 0. The first-order chi connectivity index (χ1) is 12.3. The second-order valence-corrected chi connectivity index (χ2v) is 6.57. The highest BCUT2D eigenvalue weighted by Crippen LogP contribution is 2.21. The molecule has 1 aliphatic carbocycles. The third-order valence-electron chi connectivity index (χ3n) is 4.73. The number of carbonyl (C=O) groups is 1. The van der Waals surface area contributed by atoms with Crippen LogP contribution in [0.5, 0.6) is 0 Å². The van der Waals surface area contributed by atoms with Gasteiger partial charge in [0.1, 0.15) is 17.8 Å². The molecule has 0 bridgehead atoms. The quantitative estimate of drug-likeness (QED) is 0.868. The number of anilines is 1. The van der Waals surface area contributed by atoms with Crippen molar-refractivity contribution in [1.29, 1.82) is 0 Å². The van der Waals surface area contributed by atoms with E-state index in [4.69, 9.17) is 0 Å². The lowest BCUT2D eigenvalue weighted by Crippen LogP contribution is -2.31. The average molecular weight is 338 g/mol. The van der Waals surface area contributed by atoms with E-state index in [1.165, 1.54) is 38.4 Å². The van der Waals surface area contributed by atoms with Crippen molar-refractivity contribution in [2.75, 3.05) is 11.9 Å². The largest absolute Gasteiger partial charge is 0.367 e. The third kappa shape index (κ3) is 4.78. The van der Waals surface area contributed by atoms with Gasteiger partial charge in [-0.15, -0.1) is 0 Å². The van der Waals surface area contributed by atoms with E-state index in [1.807, 2.05) is 42.2 Å². The van der Waals surface area contributed by atoms with E-state index in [0.29, 0.717) is 24.8 Å². The summed E-state index contributed by atoms with van der Waals surface area (Å²) in [4.78, 5) is 23.1. The number of carbonyl (C=O) groups excluding carboxylic acids is 1. The SMILES string of the molecule is CCN(Cc1ccccc1)C(=O)c1cc(NC2CCCCC2)ncn1. The van der Waals surface area contributed by atoms with Crippen molar-refractivity contribution < 1.29 is 4.79 Å². The predicted molar refractivity (Wildman–Crippen MR) is 99.4 cm³/mol. The van der Waals surface area contributed by atoms with E-state index in [9.17, 15) is 4.79 Å². The first kappa shape index (κ1) is 17.4. The number of aromatic nitrogens is 2. The lowest BCUT2D eigenvalue weighted by atomic mass is 9.95. The Kier molecular flexibility index (Phi) is 5.99. The first-order valence-corrected chi connectivity index (χ1v) is 9.18. The summed E-state index contributed by atoms with van der Waals surface area (Å²) in [6, 6.07) is 12.3. The lowest BCUT2D eigenvalue weighted by molar-refractivity contribution is 0.0746. The predicted octanol–water partition coefficient (Wildman–Crippen LogP) is 3.88. The minimum absolute atomic E-state index is 0.0551. The molecule has 0 unspecified atom stereocenters. The molecule has 2 aromatic rings. The number of nitrogens with zero attached hydrogens (tertiary/aromatic N) is 3. The van der Waals surface area contributed by atoms with E-state index >= 15 is 0 Å². The number of amides is 1. The molecule has 1 saturated carbocycles. The monoisotopic (exact) mass is 338 g/mol. The zero-order valence-corrected chi connectivity index (χ0v) is 14.8. The molecule has 1 aromatic carbocycles. The van der Waals surface area contributed by atoms with Crippen molar-refractivity contribution in [3.05, 3.63) is 54.0 Å². The summed E-state index contributed by atoms with van der Waals surface area (Å²) in [5.74, 6) is 0.696. The van der Waals surface area contributed by atoms with Gasteiger partial charge in [0.05, 0.1) is 0 Å². The van der Waals surface area contributed by atoms with E-state index in [0.717, 1.165) is 11.4 Å². The van der Waals surface area contributed by atoms with Crippen LogP contribution in [-0.4, -0.2) is 33.4 Å². The van der Waals surface area contributed by atoms with Gasteiger partial charge in [0.15, 0.2) is 0 Å². The average Bonchev–Trinajstić information content (AvgIpc) is 2.67. The molecule has 0 spiro atoms. The number of benzene rings is 1. The Hall–Kier alpha value is -2.43. The van der Waals surface area contributed by atoms with Gasteiger partial charge in [-0.05, 0) is 25.3 Å². The smallest absolute Gasteiger partial charge is 0.272 e. The maximum atomic E-state index is 12.8. The van der Waals surface area contributed by atoms with Crippen LogP contribution in [-0.2, 0) is 6.54 Å². The summed E-state index contributed by atoms with van der Waals surface area (Å²) in [5.41, 5.74) is 1.57. The molecule has 1 N–H and O–H groups in total. The van der Waals surface area contributed by atoms with Gasteiger partial charge in [-0.3, -0.25) is 4.79 Å². The molecule has 5 heteroatoms. The van der Waals surface area contributed by atoms with Crippen molar-refractivity contribution in [3.8, 4) is 0 Å². The normalized spacial score (nSPS) is 14.9. The maximum Gasteiger partial charge on any atom is 0.272 e. The molecule has 0 radical (unpaired) electrons. The molecule has 1 aliphatic rings. The van der Waals surface area contributed by atoms with Gasteiger partial charge in [-0.25, -0.2) is 9.97 Å². The Morgan fingerprint density at radius 2 is 1.92 bits per heavy atom. The molecule has 1 heterocycles. The summed E-state index contributed by atoms with van der Waals surface area (Å²) in [7, 11) is 0. The van der Waals surface area contributed by atoms with E-state index in [2.05, 4.69) is 15.3 Å². The molecule has 0 atom stereocenters. The van der Waals surface area contributed by atoms with Gasteiger partial charge in [0.2, 0.25) is 0 Å². The van der Waals surface area contributed by atoms with Gasteiger partial charge >= 0.3 is 0 Å². The van der Waals surface area contributed by atoms with Crippen molar-refractivity contribution in [3.63, 3.8) is 0 Å². The molecule has 1 amide bonds. The molecule has 132 valence electrons. The molecule has 5 nitrogen and oxygen atoms in total. The number of hydrogen-bond acceptors (Lipinski definition) is 4. The second kappa shape index (κ2) is 8.60. The van der Waals surface area contributed by atoms with Crippen molar-refractivity contribution in [1.82, 2.24) is 14.9 Å². The summed E-state index contributed by atoms with van der Waals surface area (Å²) in [6.45, 7) is 3.22. The Morgan fingerprint density at radius 1 is 1.16 bits per heavy atom. The molecule has 1 fully saturated rings. The van der Waals surface area contributed by atoms with Crippen LogP contribution in [0.1, 0.15) is 55.1 Å². The fourth-order valence-electron chi connectivity index (χ4n) is 3.30. The summed E-state index contributed by atoms with van der Waals surface area (Å²) in [5, 5.41) is 3.46. The van der Waals surface area contributed by atoms with Crippen molar-refractivity contribution >= 4 is 11.7 Å². The highest BCUT2D eigenvalue weighted by Gasteiger charge is 2.18. The Labute approximate surface area is 149 Å². The van der Waals surface area contributed by atoms with Gasteiger partial charge in [0.25, 0.3) is 5.91 Å². The van der Waals surface area contributed by atoms with Crippen LogP contribution in [0, 0.1) is 0 Å². The Bertz CT molecular complexity index is 683. The summed E-state index contributed by atoms with van der Waals surface area (Å²) < 4.78 is 0. The van der Waals surface area contributed by atoms with Crippen molar-refractivity contribution in [2.45, 2.75) is 51.6 Å². The topological polar surface area (TPSA) is 58.1 Å². The lowest BCUT2D eigenvalue weighted by Gasteiger charge is -2.24. The third-order valence-corrected chi connectivity index (χ3v) is 4.73. The molecule has 0 saturated heterocycles. The zero-order valence-electron chi connectivity index (χ0n) is 14.8. The molecule has 1 aromatic heterocycles. The molecule has 25 heavy (non-hydrogen) atoms. The highest BCUT2D eigenvalue weighted by atomic mass is 16.2. The van der Waals surface area contributed by atoms with Gasteiger partial charge < -0.3 is 10.2 Å². The number of nitrogens with one attached hydrogen (secondary N) is 1. The first-order valence-electron chi connectivity index (χ1n) is 9.18. The van der Waals surface area contributed by atoms with Gasteiger partial charge in [0, 0.05) is 25.2 Å². The fourth-order valence-corrected chi connectivity index (χ4v) is 3.30. The van der Waals surface area contributed by atoms with Crippen LogP contribution >= 0.6 is 0 Å². The number of hydrogen-bond donors (Lipinski definition) is 1. The summed E-state index contributed by atoms with van der Waals surface area (Å²) in [6.07, 6.45) is 7.65. The minimum atomic E-state index is -0.0551. The van der Waals surface area contributed by atoms with E-state index in [-0.39, 0.29) is 5.91 Å². The van der Waals surface area contributed by atoms with Gasteiger partial charge in [-0.1, -0.05) is 49.6 Å². The zero-order chi connectivity index (χ0) is 17.5. The van der Waals surface area contributed by atoms with Gasteiger partial charge in [-0.2, -0.15) is 0 Å². The maximum absolute atomic E-state index is 12.8. The molecule has 3 rings (SSSR count). The standard InChI is InChI=1S/C20H26N4O/c1-2-24(14-16-9-5-3-6-10-16)20(25)18-13-19(22-15-21-18)23-17-11-7-4-8-12-17/h3,5-6,9-10,13,15,17H,2,4,7-8,11-12,14H2,1H3,(H,21,22,23). The molecule has 0 aliphatic heterocycles. The molecular weight excluding hydrogens is 312 g/mol. The van der Waals surface area contributed by atoms with E-state index < -0.39 is 0 Å². The Morgan fingerprint density at radius 3 is 2.64 bits per heavy atom.